The predicted molar refractivity (Wildman–Crippen MR) is 89.5 cm³/mol. The zero-order chi connectivity index (χ0) is 16.4. The summed E-state index contributed by atoms with van der Waals surface area (Å²) in [6.45, 7) is 0.601. The number of carbonyl (C=O) groups excluding carboxylic acids is 2. The topological polar surface area (TPSA) is 62.2 Å². The average Bonchev–Trinajstić information content (AvgIpc) is 3.00. The summed E-state index contributed by atoms with van der Waals surface area (Å²) in [5.74, 6) is 0.0433. The summed E-state index contributed by atoms with van der Waals surface area (Å²) in [6.07, 6.45) is -0.831. The van der Waals surface area contributed by atoms with Crippen molar-refractivity contribution in [3.63, 3.8) is 0 Å². The summed E-state index contributed by atoms with van der Waals surface area (Å²) < 4.78 is 4.87. The van der Waals surface area contributed by atoms with Gasteiger partial charge in [-0.15, -0.1) is 11.8 Å². The maximum atomic E-state index is 12.7. The molecule has 2 aliphatic rings. The van der Waals surface area contributed by atoms with Gasteiger partial charge in [0.15, 0.2) is 0 Å². The first kappa shape index (κ1) is 16.0. The van der Waals surface area contributed by atoms with E-state index >= 15 is 0 Å². The molecule has 0 spiro atoms. The standard InChI is InChI=1S/C16H19N3O3S/c1-18(2)13-12(15(20)19-8-9-22-16(19)21)10-23-14(17-13)11-6-4-3-5-7-11/h3-7,12-13H,8-10H2,1-2H3/t12-,13+/m0/s1. The van der Waals surface area contributed by atoms with Crippen molar-refractivity contribution in [1.29, 1.82) is 0 Å². The van der Waals surface area contributed by atoms with E-state index in [4.69, 9.17) is 9.73 Å². The monoisotopic (exact) mass is 333 g/mol. The van der Waals surface area contributed by atoms with Gasteiger partial charge in [-0.1, -0.05) is 30.3 Å². The van der Waals surface area contributed by atoms with Crippen LogP contribution < -0.4 is 0 Å². The Morgan fingerprint density at radius 1 is 1.35 bits per heavy atom. The lowest BCUT2D eigenvalue weighted by Gasteiger charge is -2.33. The number of hydrogen-bond acceptors (Lipinski definition) is 6. The highest BCUT2D eigenvalue weighted by atomic mass is 32.2. The number of hydrogen-bond donors (Lipinski definition) is 0. The van der Waals surface area contributed by atoms with Crippen LogP contribution in [0.3, 0.4) is 0 Å². The molecule has 2 aliphatic heterocycles. The highest BCUT2D eigenvalue weighted by Crippen LogP contribution is 2.29. The molecule has 0 aliphatic carbocycles. The molecular weight excluding hydrogens is 314 g/mol. The first-order valence-electron chi connectivity index (χ1n) is 7.48. The van der Waals surface area contributed by atoms with Crippen molar-refractivity contribution >= 4 is 28.8 Å². The normalized spacial score (nSPS) is 24.6. The number of imide groups is 1. The number of cyclic esters (lactones) is 1. The van der Waals surface area contributed by atoms with Gasteiger partial charge >= 0.3 is 6.09 Å². The Morgan fingerprint density at radius 2 is 2.09 bits per heavy atom. The van der Waals surface area contributed by atoms with Crippen LogP contribution in [0.4, 0.5) is 4.79 Å². The zero-order valence-electron chi connectivity index (χ0n) is 13.1. The number of nitrogens with zero attached hydrogens (tertiary/aromatic N) is 3. The van der Waals surface area contributed by atoms with E-state index in [0.717, 1.165) is 10.6 Å². The fourth-order valence-electron chi connectivity index (χ4n) is 2.71. The van der Waals surface area contributed by atoms with Crippen LogP contribution in [0.5, 0.6) is 0 Å². The van der Waals surface area contributed by atoms with E-state index in [9.17, 15) is 9.59 Å². The van der Waals surface area contributed by atoms with Crippen molar-refractivity contribution in [2.45, 2.75) is 6.17 Å². The molecule has 2 heterocycles. The Labute approximate surface area is 139 Å². The summed E-state index contributed by atoms with van der Waals surface area (Å²) in [4.78, 5) is 32.2. The molecule has 3 rings (SSSR count). The van der Waals surface area contributed by atoms with Gasteiger partial charge in [0.05, 0.1) is 17.5 Å². The molecule has 0 saturated carbocycles. The smallest absolute Gasteiger partial charge is 0.416 e. The van der Waals surface area contributed by atoms with E-state index in [-0.39, 0.29) is 24.6 Å². The van der Waals surface area contributed by atoms with Gasteiger partial charge in [0.25, 0.3) is 0 Å². The second-order valence-corrected chi connectivity index (χ2v) is 6.71. The molecular formula is C16H19N3O3S. The Kier molecular flexibility index (Phi) is 4.68. The first-order valence-corrected chi connectivity index (χ1v) is 8.47. The number of thioether (sulfide) groups is 1. The van der Waals surface area contributed by atoms with Crippen molar-refractivity contribution in [2.75, 3.05) is 33.0 Å². The molecule has 122 valence electrons. The fraction of sp³-hybridized carbons (Fsp3) is 0.438. The van der Waals surface area contributed by atoms with Crippen LogP contribution in [-0.4, -0.2) is 66.0 Å². The summed E-state index contributed by atoms with van der Waals surface area (Å²) in [7, 11) is 3.80. The molecule has 2 atom stereocenters. The number of aliphatic imine (C=N–C) groups is 1. The summed E-state index contributed by atoms with van der Waals surface area (Å²) in [6, 6.07) is 9.94. The van der Waals surface area contributed by atoms with Crippen LogP contribution in [0, 0.1) is 5.92 Å². The van der Waals surface area contributed by atoms with E-state index in [0.29, 0.717) is 12.3 Å². The molecule has 0 aromatic heterocycles. The van der Waals surface area contributed by atoms with E-state index in [2.05, 4.69) is 0 Å². The lowest BCUT2D eigenvalue weighted by molar-refractivity contribution is -0.133. The second-order valence-electron chi connectivity index (χ2n) is 5.70. The summed E-state index contributed by atoms with van der Waals surface area (Å²) in [5, 5.41) is 0.928. The van der Waals surface area contributed by atoms with Crippen LogP contribution in [0.15, 0.2) is 35.3 Å². The number of amides is 2. The third kappa shape index (κ3) is 3.25. The predicted octanol–water partition coefficient (Wildman–Crippen LogP) is 1.66. The lowest BCUT2D eigenvalue weighted by Crippen LogP contribution is -2.48. The molecule has 6 nitrogen and oxygen atoms in total. The molecule has 7 heteroatoms. The minimum absolute atomic E-state index is 0.199. The molecule has 0 radical (unpaired) electrons. The Hall–Kier alpha value is -1.86. The SMILES string of the molecule is CN(C)[C@H]1N=C(c2ccccc2)SC[C@@H]1C(=O)N1CCOC1=O. The van der Waals surface area contributed by atoms with Crippen LogP contribution >= 0.6 is 11.8 Å². The third-order valence-corrected chi connectivity index (χ3v) is 5.04. The average molecular weight is 333 g/mol. The molecule has 0 N–H and O–H groups in total. The number of ether oxygens (including phenoxy) is 1. The number of carbonyl (C=O) groups is 2. The largest absolute Gasteiger partial charge is 0.447 e. The van der Waals surface area contributed by atoms with Crippen molar-refractivity contribution < 1.29 is 14.3 Å². The molecule has 1 saturated heterocycles. The van der Waals surface area contributed by atoms with Gasteiger partial charge in [-0.25, -0.2) is 9.69 Å². The Balaban J connectivity index is 1.84. The minimum atomic E-state index is -0.546. The fourth-order valence-corrected chi connectivity index (χ4v) is 3.85. The highest BCUT2D eigenvalue weighted by Gasteiger charge is 2.40. The van der Waals surface area contributed by atoms with Crippen LogP contribution in [-0.2, 0) is 9.53 Å². The molecule has 23 heavy (non-hydrogen) atoms. The quantitative estimate of drug-likeness (QED) is 0.842. The van der Waals surface area contributed by atoms with Crippen LogP contribution in [0.1, 0.15) is 5.56 Å². The van der Waals surface area contributed by atoms with Gasteiger partial charge in [0.1, 0.15) is 12.8 Å². The third-order valence-electron chi connectivity index (χ3n) is 3.90. The maximum Gasteiger partial charge on any atom is 0.416 e. The lowest BCUT2D eigenvalue weighted by atomic mass is 10.1. The van der Waals surface area contributed by atoms with Gasteiger partial charge in [-0.05, 0) is 14.1 Å². The van der Waals surface area contributed by atoms with E-state index < -0.39 is 6.09 Å². The molecule has 1 aromatic carbocycles. The van der Waals surface area contributed by atoms with E-state index in [1.54, 1.807) is 11.8 Å². The number of benzene rings is 1. The highest BCUT2D eigenvalue weighted by molar-refractivity contribution is 8.14. The summed E-state index contributed by atoms with van der Waals surface area (Å²) in [5.41, 5.74) is 1.05. The van der Waals surface area contributed by atoms with Gasteiger partial charge in [0, 0.05) is 11.3 Å². The van der Waals surface area contributed by atoms with E-state index in [1.165, 1.54) is 4.90 Å². The molecule has 2 amide bonds. The van der Waals surface area contributed by atoms with Crippen LogP contribution in [0.2, 0.25) is 0 Å². The maximum absolute atomic E-state index is 12.7. The van der Waals surface area contributed by atoms with Gasteiger partial charge in [0.2, 0.25) is 5.91 Å². The molecule has 1 fully saturated rings. The molecule has 0 unspecified atom stereocenters. The van der Waals surface area contributed by atoms with Gasteiger partial charge in [-0.2, -0.15) is 0 Å². The minimum Gasteiger partial charge on any atom is -0.447 e. The van der Waals surface area contributed by atoms with Crippen molar-refractivity contribution in [3.8, 4) is 0 Å². The van der Waals surface area contributed by atoms with Crippen LogP contribution in [0.25, 0.3) is 0 Å². The summed E-state index contributed by atoms with van der Waals surface area (Å²) >= 11 is 1.56. The van der Waals surface area contributed by atoms with Crippen molar-refractivity contribution in [3.05, 3.63) is 35.9 Å². The van der Waals surface area contributed by atoms with Gasteiger partial charge < -0.3 is 4.74 Å². The molecule has 1 aromatic rings. The van der Waals surface area contributed by atoms with Gasteiger partial charge in [-0.3, -0.25) is 14.7 Å². The second kappa shape index (κ2) is 6.72. The zero-order valence-corrected chi connectivity index (χ0v) is 14.0. The number of rotatable bonds is 3. The van der Waals surface area contributed by atoms with Crippen molar-refractivity contribution in [2.24, 2.45) is 10.9 Å². The van der Waals surface area contributed by atoms with E-state index in [1.807, 2.05) is 49.3 Å². The first-order chi connectivity index (χ1) is 11.1. The Bertz CT molecular complexity index is 633. The molecule has 0 bridgehead atoms. The van der Waals surface area contributed by atoms with Crippen molar-refractivity contribution in [1.82, 2.24) is 9.80 Å². The Morgan fingerprint density at radius 3 is 2.70 bits per heavy atom.